The van der Waals surface area contributed by atoms with Crippen LogP contribution in [0.15, 0.2) is 24.3 Å². The van der Waals surface area contributed by atoms with E-state index in [2.05, 4.69) is 10.6 Å². The topological polar surface area (TPSA) is 61.4 Å². The first-order valence-electron chi connectivity index (χ1n) is 5.66. The number of thiocarbonyl (C=S) groups is 1. The second-order valence-corrected chi connectivity index (χ2v) is 5.30. The number of rotatable bonds is 4. The lowest BCUT2D eigenvalue weighted by Gasteiger charge is -2.27. The number of ketones is 1. The minimum atomic E-state index is -0.382. The molecule has 0 bridgehead atoms. The van der Waals surface area contributed by atoms with Crippen LogP contribution in [-0.4, -0.2) is 21.5 Å². The molecule has 4 nitrogen and oxygen atoms in total. The van der Waals surface area contributed by atoms with E-state index in [0.717, 1.165) is 5.69 Å². The molecule has 0 saturated heterocycles. The van der Waals surface area contributed by atoms with Crippen LogP contribution in [0.4, 0.5) is 5.69 Å². The van der Waals surface area contributed by atoms with Crippen LogP contribution < -0.4 is 10.6 Å². The average Bonchev–Trinajstić information content (AvgIpc) is 2.18. The molecule has 5 heteroatoms. The molecule has 0 aliphatic carbocycles. The molecule has 98 valence electrons. The smallest absolute Gasteiger partial charge is 0.171 e. The van der Waals surface area contributed by atoms with Gasteiger partial charge < -0.3 is 15.7 Å². The van der Waals surface area contributed by atoms with E-state index in [9.17, 15) is 4.79 Å². The summed E-state index contributed by atoms with van der Waals surface area (Å²) in [5.74, 6) is 0.316. The average molecular weight is 266 g/mol. The fourth-order valence-electron chi connectivity index (χ4n) is 1.68. The predicted octanol–water partition coefficient (Wildman–Crippen LogP) is 2.44. The Bertz CT molecular complexity index is 441. The second-order valence-electron chi connectivity index (χ2n) is 4.89. The van der Waals surface area contributed by atoms with E-state index < -0.39 is 0 Å². The molecule has 0 aliphatic heterocycles. The monoisotopic (exact) mass is 266 g/mol. The molecule has 0 unspecified atom stereocenters. The normalized spacial score (nSPS) is 10.8. The van der Waals surface area contributed by atoms with Crippen molar-refractivity contribution in [1.29, 1.82) is 0 Å². The Labute approximate surface area is 112 Å². The molecular weight excluding hydrogens is 248 g/mol. The van der Waals surface area contributed by atoms with Crippen molar-refractivity contribution in [3.63, 3.8) is 0 Å². The minimum Gasteiger partial charge on any atom is -0.508 e. The van der Waals surface area contributed by atoms with E-state index in [1.165, 1.54) is 0 Å². The zero-order chi connectivity index (χ0) is 13.8. The lowest BCUT2D eigenvalue weighted by Crippen LogP contribution is -2.46. The van der Waals surface area contributed by atoms with Gasteiger partial charge in [-0.2, -0.15) is 0 Å². The van der Waals surface area contributed by atoms with Crippen molar-refractivity contribution < 1.29 is 9.90 Å². The van der Waals surface area contributed by atoms with E-state index in [4.69, 9.17) is 17.3 Å². The van der Waals surface area contributed by atoms with Gasteiger partial charge in [0.2, 0.25) is 0 Å². The maximum atomic E-state index is 11.1. The summed E-state index contributed by atoms with van der Waals surface area (Å²) in [5, 5.41) is 15.7. The van der Waals surface area contributed by atoms with Gasteiger partial charge in [0.15, 0.2) is 5.11 Å². The summed E-state index contributed by atoms with van der Waals surface area (Å²) >= 11 is 5.17. The van der Waals surface area contributed by atoms with Gasteiger partial charge in [0, 0.05) is 17.6 Å². The van der Waals surface area contributed by atoms with E-state index in [0.29, 0.717) is 11.5 Å². The fraction of sp³-hybridized carbons (Fsp3) is 0.385. The Balaban J connectivity index is 2.56. The van der Waals surface area contributed by atoms with Crippen LogP contribution in [0.5, 0.6) is 5.75 Å². The Kier molecular flexibility index (Phi) is 4.67. The number of hydrogen-bond acceptors (Lipinski definition) is 3. The van der Waals surface area contributed by atoms with Crippen molar-refractivity contribution in [3.05, 3.63) is 24.3 Å². The standard InChI is InChI=1S/C13H18N2O2S/c1-9(16)8-13(2,3)15-12(18)14-10-4-6-11(17)7-5-10/h4-7,17H,8H2,1-3H3,(H2,14,15,18). The number of nitrogens with one attached hydrogen (secondary N) is 2. The summed E-state index contributed by atoms with van der Waals surface area (Å²) in [5.41, 5.74) is 0.399. The number of hydrogen-bond donors (Lipinski definition) is 3. The van der Waals surface area contributed by atoms with Gasteiger partial charge in [0.25, 0.3) is 0 Å². The van der Waals surface area contributed by atoms with Crippen molar-refractivity contribution in [1.82, 2.24) is 5.32 Å². The third-order valence-electron chi connectivity index (χ3n) is 2.27. The number of phenolic OH excluding ortho intramolecular Hbond substituents is 1. The van der Waals surface area contributed by atoms with Gasteiger partial charge in [-0.05, 0) is 57.3 Å². The Hall–Kier alpha value is -1.62. The molecule has 1 aromatic carbocycles. The summed E-state index contributed by atoms with van der Waals surface area (Å²) < 4.78 is 0. The SMILES string of the molecule is CC(=O)CC(C)(C)NC(=S)Nc1ccc(O)cc1. The number of carbonyl (C=O) groups is 1. The summed E-state index contributed by atoms with van der Waals surface area (Å²) in [6.45, 7) is 5.39. The molecule has 0 saturated carbocycles. The van der Waals surface area contributed by atoms with Crippen molar-refractivity contribution in [3.8, 4) is 5.75 Å². The maximum Gasteiger partial charge on any atom is 0.171 e. The Morgan fingerprint density at radius 1 is 1.33 bits per heavy atom. The molecule has 3 N–H and O–H groups in total. The molecule has 0 heterocycles. The zero-order valence-electron chi connectivity index (χ0n) is 10.8. The molecule has 0 radical (unpaired) electrons. The number of phenols is 1. The highest BCUT2D eigenvalue weighted by Gasteiger charge is 2.20. The Morgan fingerprint density at radius 2 is 1.89 bits per heavy atom. The first-order chi connectivity index (χ1) is 8.28. The molecule has 0 spiro atoms. The zero-order valence-corrected chi connectivity index (χ0v) is 11.6. The van der Waals surface area contributed by atoms with Crippen molar-refractivity contribution in [2.45, 2.75) is 32.7 Å². The maximum absolute atomic E-state index is 11.1. The highest BCUT2D eigenvalue weighted by atomic mass is 32.1. The first-order valence-corrected chi connectivity index (χ1v) is 6.07. The van der Waals surface area contributed by atoms with Gasteiger partial charge in [-0.1, -0.05) is 0 Å². The molecule has 0 fully saturated rings. The molecule has 0 aliphatic rings. The van der Waals surface area contributed by atoms with Gasteiger partial charge in [0.05, 0.1) is 0 Å². The largest absolute Gasteiger partial charge is 0.508 e. The quantitative estimate of drug-likeness (QED) is 0.577. The first kappa shape index (κ1) is 14.4. The van der Waals surface area contributed by atoms with Gasteiger partial charge in [-0.3, -0.25) is 4.79 Å². The number of Topliss-reactive ketones (excluding diaryl/α,β-unsaturated/α-hetero) is 1. The van der Waals surface area contributed by atoms with Crippen molar-refractivity contribution >= 4 is 28.8 Å². The molecular formula is C13H18N2O2S. The van der Waals surface area contributed by atoms with E-state index in [1.54, 1.807) is 31.2 Å². The van der Waals surface area contributed by atoms with E-state index in [-0.39, 0.29) is 17.1 Å². The lowest BCUT2D eigenvalue weighted by molar-refractivity contribution is -0.118. The molecule has 18 heavy (non-hydrogen) atoms. The van der Waals surface area contributed by atoms with Crippen LogP contribution in [0.2, 0.25) is 0 Å². The number of benzene rings is 1. The summed E-state index contributed by atoms with van der Waals surface area (Å²) in [7, 11) is 0. The summed E-state index contributed by atoms with van der Waals surface area (Å²) in [6, 6.07) is 6.60. The summed E-state index contributed by atoms with van der Waals surface area (Å²) in [6.07, 6.45) is 0.407. The predicted molar refractivity (Wildman–Crippen MR) is 76.8 cm³/mol. The third-order valence-corrected chi connectivity index (χ3v) is 2.47. The highest BCUT2D eigenvalue weighted by molar-refractivity contribution is 7.80. The molecule has 1 rings (SSSR count). The van der Waals surface area contributed by atoms with E-state index in [1.807, 2.05) is 13.8 Å². The Morgan fingerprint density at radius 3 is 2.39 bits per heavy atom. The van der Waals surface area contributed by atoms with Crippen LogP contribution in [0.3, 0.4) is 0 Å². The van der Waals surface area contributed by atoms with Gasteiger partial charge in [-0.25, -0.2) is 0 Å². The second kappa shape index (κ2) is 5.82. The molecule has 0 atom stereocenters. The molecule has 0 aromatic heterocycles. The summed E-state index contributed by atoms with van der Waals surface area (Å²) in [4.78, 5) is 11.1. The van der Waals surface area contributed by atoms with E-state index >= 15 is 0 Å². The van der Waals surface area contributed by atoms with Crippen LogP contribution in [0.1, 0.15) is 27.2 Å². The lowest BCUT2D eigenvalue weighted by atomic mass is 9.99. The molecule has 1 aromatic rings. The number of carbonyl (C=O) groups excluding carboxylic acids is 1. The highest BCUT2D eigenvalue weighted by Crippen LogP contribution is 2.14. The van der Waals surface area contributed by atoms with Gasteiger partial charge in [-0.15, -0.1) is 0 Å². The number of aromatic hydroxyl groups is 1. The minimum absolute atomic E-state index is 0.111. The van der Waals surface area contributed by atoms with Crippen LogP contribution in [-0.2, 0) is 4.79 Å². The van der Waals surface area contributed by atoms with Crippen LogP contribution in [0.25, 0.3) is 0 Å². The molecule has 0 amide bonds. The van der Waals surface area contributed by atoms with Crippen LogP contribution in [0, 0.1) is 0 Å². The van der Waals surface area contributed by atoms with Gasteiger partial charge in [0.1, 0.15) is 11.5 Å². The van der Waals surface area contributed by atoms with Crippen molar-refractivity contribution in [2.24, 2.45) is 0 Å². The fourth-order valence-corrected chi connectivity index (χ4v) is 2.08. The van der Waals surface area contributed by atoms with Crippen molar-refractivity contribution in [2.75, 3.05) is 5.32 Å². The van der Waals surface area contributed by atoms with Gasteiger partial charge >= 0.3 is 0 Å². The third kappa shape index (κ3) is 5.14. The number of anilines is 1. The van der Waals surface area contributed by atoms with Crippen LogP contribution >= 0.6 is 12.2 Å².